The SMILES string of the molecule is OC(c1ccccc1)C1CCCCN1CC1CC1. The summed E-state index contributed by atoms with van der Waals surface area (Å²) in [6.07, 6.45) is 6.17. The van der Waals surface area contributed by atoms with Crippen LogP contribution in [0.2, 0.25) is 0 Å². The standard InChI is InChI=1S/C16H23NO/c18-16(14-6-2-1-3-7-14)15-8-4-5-11-17(15)12-13-9-10-13/h1-3,6-7,13,15-16,18H,4-5,8-12H2. The summed E-state index contributed by atoms with van der Waals surface area (Å²) in [4.78, 5) is 2.54. The summed E-state index contributed by atoms with van der Waals surface area (Å²) in [5.41, 5.74) is 1.07. The molecular weight excluding hydrogens is 222 g/mol. The van der Waals surface area contributed by atoms with Crippen LogP contribution < -0.4 is 0 Å². The first-order valence-corrected chi connectivity index (χ1v) is 7.31. The molecule has 1 aliphatic carbocycles. The molecule has 1 aromatic carbocycles. The topological polar surface area (TPSA) is 23.5 Å². The molecule has 0 amide bonds. The Morgan fingerprint density at radius 1 is 1.11 bits per heavy atom. The lowest BCUT2D eigenvalue weighted by molar-refractivity contribution is 0.0224. The highest BCUT2D eigenvalue weighted by atomic mass is 16.3. The molecule has 98 valence electrons. The molecule has 2 unspecified atom stereocenters. The lowest BCUT2D eigenvalue weighted by Crippen LogP contribution is -2.44. The maximum Gasteiger partial charge on any atom is 0.0945 e. The third kappa shape index (κ3) is 2.76. The molecule has 0 radical (unpaired) electrons. The number of nitrogens with zero attached hydrogens (tertiary/aromatic N) is 1. The monoisotopic (exact) mass is 245 g/mol. The number of hydrogen-bond donors (Lipinski definition) is 1. The van der Waals surface area contributed by atoms with Crippen LogP contribution in [0.3, 0.4) is 0 Å². The smallest absolute Gasteiger partial charge is 0.0945 e. The van der Waals surface area contributed by atoms with Crippen molar-refractivity contribution in [3.05, 3.63) is 35.9 Å². The van der Waals surface area contributed by atoms with E-state index in [1.807, 2.05) is 18.2 Å². The fourth-order valence-electron chi connectivity index (χ4n) is 3.11. The van der Waals surface area contributed by atoms with Gasteiger partial charge in [-0.1, -0.05) is 36.8 Å². The van der Waals surface area contributed by atoms with Gasteiger partial charge in [0.25, 0.3) is 0 Å². The Balaban J connectivity index is 1.70. The fraction of sp³-hybridized carbons (Fsp3) is 0.625. The maximum atomic E-state index is 10.6. The van der Waals surface area contributed by atoms with E-state index < -0.39 is 0 Å². The normalized spacial score (nSPS) is 27.1. The summed E-state index contributed by atoms with van der Waals surface area (Å²) in [7, 11) is 0. The minimum Gasteiger partial charge on any atom is -0.387 e. The van der Waals surface area contributed by atoms with Crippen molar-refractivity contribution in [3.63, 3.8) is 0 Å². The average molecular weight is 245 g/mol. The second-order valence-corrected chi connectivity index (χ2v) is 5.86. The van der Waals surface area contributed by atoms with E-state index in [0.29, 0.717) is 6.04 Å². The van der Waals surface area contributed by atoms with Crippen LogP contribution in [-0.2, 0) is 0 Å². The molecule has 2 atom stereocenters. The number of rotatable bonds is 4. The van der Waals surface area contributed by atoms with Crippen molar-refractivity contribution >= 4 is 0 Å². The zero-order valence-corrected chi connectivity index (χ0v) is 11.0. The minimum absolute atomic E-state index is 0.315. The zero-order valence-electron chi connectivity index (χ0n) is 11.0. The highest BCUT2D eigenvalue weighted by Crippen LogP contribution is 2.35. The molecule has 1 saturated carbocycles. The molecule has 18 heavy (non-hydrogen) atoms. The number of likely N-dealkylation sites (tertiary alicyclic amines) is 1. The number of hydrogen-bond acceptors (Lipinski definition) is 2. The van der Waals surface area contributed by atoms with E-state index in [9.17, 15) is 5.11 Å². The second kappa shape index (κ2) is 5.41. The van der Waals surface area contributed by atoms with E-state index >= 15 is 0 Å². The predicted molar refractivity (Wildman–Crippen MR) is 73.3 cm³/mol. The molecule has 1 saturated heterocycles. The van der Waals surface area contributed by atoms with Gasteiger partial charge in [0.1, 0.15) is 0 Å². The summed E-state index contributed by atoms with van der Waals surface area (Å²) >= 11 is 0. The van der Waals surface area contributed by atoms with Crippen molar-refractivity contribution in [1.29, 1.82) is 0 Å². The molecule has 3 rings (SSSR count). The maximum absolute atomic E-state index is 10.6. The van der Waals surface area contributed by atoms with Crippen LogP contribution in [0.15, 0.2) is 30.3 Å². The fourth-order valence-corrected chi connectivity index (χ4v) is 3.11. The number of aliphatic hydroxyl groups is 1. The molecule has 0 aromatic heterocycles. The first kappa shape index (κ1) is 12.2. The van der Waals surface area contributed by atoms with Gasteiger partial charge in [0.15, 0.2) is 0 Å². The Morgan fingerprint density at radius 2 is 1.89 bits per heavy atom. The first-order valence-electron chi connectivity index (χ1n) is 7.31. The zero-order chi connectivity index (χ0) is 12.4. The summed E-state index contributed by atoms with van der Waals surface area (Å²) in [5, 5.41) is 10.6. The van der Waals surface area contributed by atoms with Crippen LogP contribution in [0.25, 0.3) is 0 Å². The Kier molecular flexibility index (Phi) is 3.67. The van der Waals surface area contributed by atoms with Crippen LogP contribution in [0.4, 0.5) is 0 Å². The summed E-state index contributed by atoms with van der Waals surface area (Å²) in [6.45, 7) is 2.37. The predicted octanol–water partition coefficient (Wildman–Crippen LogP) is 2.98. The Hall–Kier alpha value is -0.860. The van der Waals surface area contributed by atoms with Gasteiger partial charge in [0.2, 0.25) is 0 Å². The second-order valence-electron chi connectivity index (χ2n) is 5.86. The lowest BCUT2D eigenvalue weighted by atomic mass is 9.92. The van der Waals surface area contributed by atoms with E-state index in [4.69, 9.17) is 0 Å². The van der Waals surface area contributed by atoms with Crippen molar-refractivity contribution in [2.45, 2.75) is 44.2 Å². The van der Waals surface area contributed by atoms with Crippen molar-refractivity contribution in [3.8, 4) is 0 Å². The van der Waals surface area contributed by atoms with E-state index in [0.717, 1.165) is 17.9 Å². The molecular formula is C16H23NO. The van der Waals surface area contributed by atoms with Gasteiger partial charge < -0.3 is 5.11 Å². The van der Waals surface area contributed by atoms with E-state index in [1.165, 1.54) is 38.8 Å². The van der Waals surface area contributed by atoms with Crippen LogP contribution in [-0.4, -0.2) is 29.1 Å². The van der Waals surface area contributed by atoms with Crippen LogP contribution in [0.1, 0.15) is 43.8 Å². The first-order chi connectivity index (χ1) is 8.84. The van der Waals surface area contributed by atoms with Crippen molar-refractivity contribution < 1.29 is 5.11 Å². The van der Waals surface area contributed by atoms with E-state index in [-0.39, 0.29) is 6.10 Å². The highest BCUT2D eigenvalue weighted by Gasteiger charge is 2.33. The quantitative estimate of drug-likeness (QED) is 0.881. The van der Waals surface area contributed by atoms with Gasteiger partial charge in [-0.2, -0.15) is 0 Å². The van der Waals surface area contributed by atoms with Gasteiger partial charge in [0.05, 0.1) is 6.10 Å². The summed E-state index contributed by atoms with van der Waals surface area (Å²) in [5.74, 6) is 0.911. The van der Waals surface area contributed by atoms with Gasteiger partial charge in [-0.15, -0.1) is 0 Å². The van der Waals surface area contributed by atoms with E-state index in [1.54, 1.807) is 0 Å². The minimum atomic E-state index is -0.315. The number of aliphatic hydroxyl groups excluding tert-OH is 1. The molecule has 1 heterocycles. The Morgan fingerprint density at radius 3 is 2.61 bits per heavy atom. The van der Waals surface area contributed by atoms with Gasteiger partial charge in [-0.25, -0.2) is 0 Å². The van der Waals surface area contributed by atoms with Gasteiger partial charge in [-0.05, 0) is 43.7 Å². The molecule has 2 nitrogen and oxygen atoms in total. The molecule has 2 fully saturated rings. The van der Waals surface area contributed by atoms with Crippen LogP contribution in [0, 0.1) is 5.92 Å². The largest absolute Gasteiger partial charge is 0.387 e. The average Bonchev–Trinajstić information content (AvgIpc) is 3.24. The molecule has 0 bridgehead atoms. The lowest BCUT2D eigenvalue weighted by Gasteiger charge is -2.38. The Labute approximate surface area is 110 Å². The number of piperidine rings is 1. The third-order valence-electron chi connectivity index (χ3n) is 4.36. The van der Waals surface area contributed by atoms with Crippen LogP contribution in [0.5, 0.6) is 0 Å². The van der Waals surface area contributed by atoms with E-state index in [2.05, 4.69) is 17.0 Å². The van der Waals surface area contributed by atoms with Crippen molar-refractivity contribution in [2.75, 3.05) is 13.1 Å². The van der Waals surface area contributed by atoms with Crippen molar-refractivity contribution in [2.24, 2.45) is 5.92 Å². The highest BCUT2D eigenvalue weighted by molar-refractivity contribution is 5.19. The summed E-state index contributed by atoms with van der Waals surface area (Å²) in [6, 6.07) is 10.5. The molecule has 2 heteroatoms. The summed E-state index contributed by atoms with van der Waals surface area (Å²) < 4.78 is 0. The van der Waals surface area contributed by atoms with Crippen LogP contribution >= 0.6 is 0 Å². The van der Waals surface area contributed by atoms with Gasteiger partial charge in [0, 0.05) is 12.6 Å². The van der Waals surface area contributed by atoms with Gasteiger partial charge in [-0.3, -0.25) is 4.90 Å². The number of benzene rings is 1. The van der Waals surface area contributed by atoms with Crippen molar-refractivity contribution in [1.82, 2.24) is 4.90 Å². The molecule has 1 aliphatic heterocycles. The molecule has 2 aliphatic rings. The third-order valence-corrected chi connectivity index (χ3v) is 4.36. The molecule has 0 spiro atoms. The van der Waals surface area contributed by atoms with Gasteiger partial charge >= 0.3 is 0 Å². The Bertz CT molecular complexity index is 374. The molecule has 1 aromatic rings. The molecule has 1 N–H and O–H groups in total.